The van der Waals surface area contributed by atoms with Gasteiger partial charge in [-0.2, -0.15) is 0 Å². The van der Waals surface area contributed by atoms with Crippen LogP contribution in [0, 0.1) is 18.7 Å². The number of pyridine rings is 1. The summed E-state index contributed by atoms with van der Waals surface area (Å²) in [7, 11) is 0. The lowest BCUT2D eigenvalue weighted by Crippen LogP contribution is -2.47. The van der Waals surface area contributed by atoms with E-state index in [2.05, 4.69) is 149 Å². The van der Waals surface area contributed by atoms with Gasteiger partial charge in [0.25, 0.3) is 0 Å². The Morgan fingerprint density at radius 3 is 2.42 bits per heavy atom. The van der Waals surface area contributed by atoms with Gasteiger partial charge < -0.3 is 29.9 Å². The predicted molar refractivity (Wildman–Crippen MR) is 322 cm³/mol. The highest BCUT2D eigenvalue weighted by Gasteiger charge is 2.28. The van der Waals surface area contributed by atoms with Gasteiger partial charge >= 0.3 is 0 Å². The minimum atomic E-state index is -0.223. The molecule has 0 amide bonds. The molecule has 2 N–H and O–H groups in total. The number of nitrogens with one attached hydrogen (secondary N) is 2. The number of aromatic nitrogens is 3. The first-order chi connectivity index (χ1) is 36.9. The summed E-state index contributed by atoms with van der Waals surface area (Å²) >= 11 is 1.65. The number of hydrogen-bond acceptors (Lipinski definition) is 9. The van der Waals surface area contributed by atoms with Crippen LogP contribution in [-0.2, 0) is 19.4 Å². The number of halogens is 1. The zero-order chi connectivity index (χ0) is 53.0. The Hall–Kier alpha value is -7.21. The van der Waals surface area contributed by atoms with Crippen LogP contribution in [0.1, 0.15) is 85.0 Å². The Bertz CT molecular complexity index is 3420. The normalized spacial score (nSPS) is 16.2. The lowest BCUT2D eigenvalue weighted by atomic mass is 9.92. The molecule has 3 aromatic heterocycles. The molecule has 7 aromatic rings. The number of rotatable bonds is 21. The minimum Gasteiger partial charge on any atom is -0.371 e. The molecule has 11 heteroatoms. The molecule has 2 fully saturated rings. The number of hydrogen-bond donors (Lipinski definition) is 2. The van der Waals surface area contributed by atoms with E-state index in [0.29, 0.717) is 11.6 Å². The summed E-state index contributed by atoms with van der Waals surface area (Å²) in [5.41, 5.74) is 14.2. The van der Waals surface area contributed by atoms with Crippen LogP contribution in [0.5, 0.6) is 0 Å². The number of aryl methyl sites for hydroxylation is 1. The maximum absolute atomic E-state index is 15.9. The van der Waals surface area contributed by atoms with Gasteiger partial charge in [-0.1, -0.05) is 126 Å². The van der Waals surface area contributed by atoms with Crippen molar-refractivity contribution < 1.29 is 4.39 Å². The van der Waals surface area contributed by atoms with E-state index >= 15 is 4.39 Å². The number of piperazine rings is 1. The summed E-state index contributed by atoms with van der Waals surface area (Å²) < 4.78 is 19.2. The molecule has 6 heterocycles. The number of unbranched alkanes of at least 4 members (excludes halogenated alkanes) is 1. The molecule has 0 spiro atoms. The van der Waals surface area contributed by atoms with Crippen molar-refractivity contribution in [2.24, 2.45) is 5.92 Å². The lowest BCUT2D eigenvalue weighted by Gasteiger charge is -2.39. The molecule has 392 valence electrons. The van der Waals surface area contributed by atoms with E-state index in [9.17, 15) is 0 Å². The van der Waals surface area contributed by atoms with E-state index < -0.39 is 0 Å². The highest BCUT2D eigenvalue weighted by atomic mass is 32.1. The van der Waals surface area contributed by atoms with Gasteiger partial charge in [-0.15, -0.1) is 0 Å². The second-order valence-corrected chi connectivity index (χ2v) is 22.1. The van der Waals surface area contributed by atoms with Gasteiger partial charge in [-0.3, -0.25) is 4.90 Å². The first-order valence-corrected chi connectivity index (χ1v) is 28.1. The first kappa shape index (κ1) is 52.2. The van der Waals surface area contributed by atoms with Crippen molar-refractivity contribution in [2.75, 3.05) is 67.5 Å². The molecule has 0 saturated carbocycles. The standard InChI is InChI=1S/C65H74FN9S/c1-10-19-61(46(7)67-12-3)75-47(8)55-38-58(66)62(39-56(55)48(75)9)73-36-34-72(35-37-73)43(4)40-71-32-30-49(41-71)20-13-14-21-50-22-17-24-52(44(50)5)54-28-29-64(69-59(54)11-2)74-33-31-51-23-18-25-53(57(51)42-74)45(6)68-65-70-60-26-15-16-27-63(60)76-65/h11-12,15-18,22-29,38-39,49,61,67H,2-4,6-10,13-14,19-21,30-37,40-42H2,1,5H3,(H,68,70). The van der Waals surface area contributed by atoms with Crippen LogP contribution >= 0.6 is 11.3 Å². The maximum atomic E-state index is 15.9. The van der Waals surface area contributed by atoms with Crippen molar-refractivity contribution in [1.29, 1.82) is 0 Å². The van der Waals surface area contributed by atoms with Crippen LogP contribution in [0.3, 0.4) is 0 Å². The third-order valence-corrected chi connectivity index (χ3v) is 17.3. The lowest BCUT2D eigenvalue weighted by molar-refractivity contribution is 0.264. The van der Waals surface area contributed by atoms with Crippen LogP contribution in [0.2, 0.25) is 0 Å². The van der Waals surface area contributed by atoms with Gasteiger partial charge in [0.05, 0.1) is 27.6 Å². The molecule has 10 rings (SSSR count). The molecule has 0 radical (unpaired) electrons. The topological polar surface area (TPSA) is 67.7 Å². The summed E-state index contributed by atoms with van der Waals surface area (Å²) in [5, 5.41) is 10.8. The van der Waals surface area contributed by atoms with Crippen molar-refractivity contribution in [3.8, 4) is 11.1 Å². The van der Waals surface area contributed by atoms with E-state index in [0.717, 1.165) is 161 Å². The second kappa shape index (κ2) is 22.9. The third kappa shape index (κ3) is 10.8. The highest BCUT2D eigenvalue weighted by Crippen LogP contribution is 2.36. The average molecular weight is 1030 g/mol. The summed E-state index contributed by atoms with van der Waals surface area (Å²) in [4.78, 5) is 19.6. The van der Waals surface area contributed by atoms with E-state index in [-0.39, 0.29) is 11.9 Å². The van der Waals surface area contributed by atoms with Gasteiger partial charge in [0.15, 0.2) is 5.13 Å². The van der Waals surface area contributed by atoms with Crippen molar-refractivity contribution in [3.63, 3.8) is 0 Å². The molecule has 3 aliphatic rings. The summed E-state index contributed by atoms with van der Waals surface area (Å²) in [6, 6.07) is 29.5. The summed E-state index contributed by atoms with van der Waals surface area (Å²) in [5.74, 6) is 1.44. The Labute approximate surface area is 453 Å². The van der Waals surface area contributed by atoms with Crippen LogP contribution in [0.4, 0.5) is 21.0 Å². The number of para-hydroxylation sites is 1. The van der Waals surface area contributed by atoms with Gasteiger partial charge in [0.1, 0.15) is 11.6 Å². The minimum absolute atomic E-state index is 0.0578. The molecule has 0 aliphatic carbocycles. The zero-order valence-electron chi connectivity index (χ0n) is 44.8. The molecule has 0 bridgehead atoms. The average Bonchev–Trinajstić information content (AvgIpc) is 4.14. The van der Waals surface area contributed by atoms with Crippen LogP contribution in [-0.4, -0.2) is 76.7 Å². The number of anilines is 3. The fraction of sp³-hybridized carbons (Fsp3) is 0.323. The van der Waals surface area contributed by atoms with Gasteiger partial charge in [-0.25, -0.2) is 14.4 Å². The van der Waals surface area contributed by atoms with Crippen LogP contribution in [0.15, 0.2) is 135 Å². The molecule has 2 unspecified atom stereocenters. The van der Waals surface area contributed by atoms with Crippen molar-refractivity contribution in [2.45, 2.75) is 77.8 Å². The molecule has 2 atom stereocenters. The largest absolute Gasteiger partial charge is 0.371 e. The Morgan fingerprint density at radius 1 is 0.855 bits per heavy atom. The predicted octanol–water partition coefficient (Wildman–Crippen LogP) is 12.8. The molecular formula is C65H74FN9S. The van der Waals surface area contributed by atoms with Gasteiger partial charge in [0, 0.05) is 102 Å². The van der Waals surface area contributed by atoms with E-state index in [4.69, 9.17) is 9.97 Å². The first-order valence-electron chi connectivity index (χ1n) is 27.3. The van der Waals surface area contributed by atoms with Gasteiger partial charge in [0.2, 0.25) is 0 Å². The smallest absolute Gasteiger partial charge is 0.188 e. The van der Waals surface area contributed by atoms with Crippen molar-refractivity contribution >= 4 is 73.9 Å². The molecule has 9 nitrogen and oxygen atoms in total. The molecule has 4 aromatic carbocycles. The van der Waals surface area contributed by atoms with E-state index in [1.165, 1.54) is 53.5 Å². The van der Waals surface area contributed by atoms with Gasteiger partial charge in [-0.05, 0) is 134 Å². The monoisotopic (exact) mass is 1030 g/mol. The Morgan fingerprint density at radius 2 is 1.64 bits per heavy atom. The maximum Gasteiger partial charge on any atom is 0.188 e. The molecular weight excluding hydrogens is 958 g/mol. The van der Waals surface area contributed by atoms with Crippen LogP contribution < -0.4 is 31.1 Å². The number of fused-ring (bicyclic) bond motifs is 3. The summed E-state index contributed by atoms with van der Waals surface area (Å²) in [6.45, 7) is 42.4. The fourth-order valence-electron chi connectivity index (χ4n) is 12.2. The zero-order valence-corrected chi connectivity index (χ0v) is 45.6. The molecule has 3 aliphatic heterocycles. The SMILES string of the molecule is C=CNC(=C)C(CCC)n1c(=C)c2cc(F)c(N3CCN(C(=C)CN4CCC(CCCCc5cccc(-c6ccc(N7CCc8cccc(C(=C)Nc9nc%10ccccc%10s9)c8C7)nc6C=C)c5C)C4)CC3)cc2c1=C. The van der Waals surface area contributed by atoms with Crippen LogP contribution in [0.25, 0.3) is 57.0 Å². The fourth-order valence-corrected chi connectivity index (χ4v) is 13.0. The van der Waals surface area contributed by atoms with Crippen molar-refractivity contribution in [3.05, 3.63) is 185 Å². The number of allylic oxidation sites excluding steroid dienone is 1. The quantitative estimate of drug-likeness (QED) is 0.0690. The van der Waals surface area contributed by atoms with Crippen molar-refractivity contribution in [1.82, 2.24) is 29.7 Å². The number of benzene rings is 4. The Balaban J connectivity index is 0.697. The van der Waals surface area contributed by atoms with E-state index in [1.54, 1.807) is 23.6 Å². The highest BCUT2D eigenvalue weighted by molar-refractivity contribution is 7.22. The van der Waals surface area contributed by atoms with E-state index in [1.807, 2.05) is 30.3 Å². The number of likely N-dealkylation sites (tertiary alicyclic amines) is 1. The number of nitrogens with zero attached hydrogens (tertiary/aromatic N) is 7. The molecule has 76 heavy (non-hydrogen) atoms. The Kier molecular flexibility index (Phi) is 15.8. The summed E-state index contributed by atoms with van der Waals surface area (Å²) in [6.07, 6.45) is 12.2. The second-order valence-electron chi connectivity index (χ2n) is 21.1. The molecule has 2 saturated heterocycles. The number of thiazole rings is 1. The third-order valence-electron chi connectivity index (χ3n) is 16.3.